The Labute approximate surface area is 238 Å². The van der Waals surface area contributed by atoms with E-state index in [1.165, 1.54) is 22.3 Å². The van der Waals surface area contributed by atoms with Crippen LogP contribution in [0.3, 0.4) is 0 Å². The number of halogens is 2. The van der Waals surface area contributed by atoms with E-state index in [2.05, 4.69) is 6.92 Å². The first-order valence-corrected chi connectivity index (χ1v) is 14.6. The van der Waals surface area contributed by atoms with Crippen molar-refractivity contribution in [3.8, 4) is 11.1 Å². The Hall–Kier alpha value is -3.22. The minimum absolute atomic E-state index is 0.147. The molecule has 1 aliphatic rings. The normalized spacial score (nSPS) is 17.2. The maximum absolute atomic E-state index is 15.2. The summed E-state index contributed by atoms with van der Waals surface area (Å²) < 4.78 is 16.2. The average Bonchev–Trinajstić information content (AvgIpc) is 3.30. The van der Waals surface area contributed by atoms with Crippen molar-refractivity contribution in [2.24, 2.45) is 11.8 Å². The van der Waals surface area contributed by atoms with Crippen LogP contribution in [0.4, 0.5) is 10.1 Å². The monoisotopic (exact) mass is 562 g/mol. The Morgan fingerprint density at radius 3 is 2.41 bits per heavy atom. The smallest absolute Gasteiger partial charge is 0.265 e. The second-order valence-corrected chi connectivity index (χ2v) is 12.1. The molecule has 0 bridgehead atoms. The molecule has 0 N–H and O–H groups in total. The summed E-state index contributed by atoms with van der Waals surface area (Å²) in [4.78, 5) is 28.8. The molecule has 0 aliphatic heterocycles. The van der Waals surface area contributed by atoms with Crippen LogP contribution in [0.1, 0.15) is 47.8 Å². The number of amides is 2. The van der Waals surface area contributed by atoms with Crippen molar-refractivity contribution in [3.63, 3.8) is 0 Å². The largest absolute Gasteiger partial charge is 0.333 e. The molecule has 3 aromatic carbocycles. The van der Waals surface area contributed by atoms with E-state index < -0.39 is 0 Å². The molecular formula is C32H32ClFN2O2S. The molecule has 0 atom stereocenters. The van der Waals surface area contributed by atoms with Crippen molar-refractivity contribution < 1.29 is 14.0 Å². The van der Waals surface area contributed by atoms with Crippen LogP contribution in [0.2, 0.25) is 5.02 Å². The van der Waals surface area contributed by atoms with Crippen molar-refractivity contribution in [2.75, 3.05) is 18.5 Å². The number of rotatable bonds is 8. The van der Waals surface area contributed by atoms with E-state index in [9.17, 15) is 9.59 Å². The van der Waals surface area contributed by atoms with E-state index in [4.69, 9.17) is 11.6 Å². The molecule has 1 saturated carbocycles. The van der Waals surface area contributed by atoms with Crippen LogP contribution in [0.5, 0.6) is 0 Å². The number of nitrogens with zero attached hydrogens (tertiary/aromatic N) is 2. The van der Waals surface area contributed by atoms with Crippen molar-refractivity contribution >= 4 is 51.0 Å². The van der Waals surface area contributed by atoms with E-state index in [1.54, 1.807) is 18.0 Å². The van der Waals surface area contributed by atoms with E-state index in [-0.39, 0.29) is 18.3 Å². The van der Waals surface area contributed by atoms with Crippen molar-refractivity contribution in [1.29, 1.82) is 0 Å². The van der Waals surface area contributed by atoms with Gasteiger partial charge >= 0.3 is 0 Å². The van der Waals surface area contributed by atoms with Crippen LogP contribution in [-0.4, -0.2) is 30.8 Å². The summed E-state index contributed by atoms with van der Waals surface area (Å²) in [7, 11) is 1.69. The Morgan fingerprint density at radius 1 is 1.03 bits per heavy atom. The fourth-order valence-electron chi connectivity index (χ4n) is 5.37. The molecule has 4 nitrogen and oxygen atoms in total. The van der Waals surface area contributed by atoms with E-state index in [0.717, 1.165) is 59.0 Å². The minimum atomic E-state index is -0.339. The zero-order chi connectivity index (χ0) is 27.5. The van der Waals surface area contributed by atoms with Gasteiger partial charge in [-0.3, -0.25) is 9.59 Å². The number of hydrogen-bond acceptors (Lipinski definition) is 3. The third kappa shape index (κ3) is 6.02. The standard InChI is InChI=1S/C32H32ClFN2O2S/c1-21-7-9-22(10-8-21)18-36(32(38)31-30(33)27-5-3-4-6-29(27)39-31)19-25-17-24(13-16-28(25)34)23-11-14-26(15-12-23)35(2)20-37/h3-6,11-17,20-22H,7-10,18-19H2,1-2H3. The van der Waals surface area contributed by atoms with Crippen molar-refractivity contribution in [3.05, 3.63) is 88.0 Å². The lowest BCUT2D eigenvalue weighted by atomic mass is 9.82. The molecule has 0 radical (unpaired) electrons. The van der Waals surface area contributed by atoms with Gasteiger partial charge < -0.3 is 9.80 Å². The molecule has 0 saturated heterocycles. The predicted molar refractivity (Wildman–Crippen MR) is 159 cm³/mol. The average molecular weight is 563 g/mol. The summed E-state index contributed by atoms with van der Waals surface area (Å²) in [5.41, 5.74) is 3.00. The molecule has 5 rings (SSSR count). The number of anilines is 1. The highest BCUT2D eigenvalue weighted by Gasteiger charge is 2.28. The Bertz CT molecular complexity index is 1480. The fraction of sp³-hybridized carbons (Fsp3) is 0.312. The van der Waals surface area contributed by atoms with E-state index in [1.807, 2.05) is 54.6 Å². The summed E-state index contributed by atoms with van der Waals surface area (Å²) in [5, 5.41) is 1.34. The van der Waals surface area contributed by atoms with Crippen molar-refractivity contribution in [1.82, 2.24) is 4.90 Å². The number of carbonyl (C=O) groups is 2. The molecule has 4 aromatic rings. The lowest BCUT2D eigenvalue weighted by molar-refractivity contribution is -0.107. The van der Waals surface area contributed by atoms with Gasteiger partial charge in [0.15, 0.2) is 0 Å². The van der Waals surface area contributed by atoms with Gasteiger partial charge in [-0.2, -0.15) is 0 Å². The maximum atomic E-state index is 15.2. The van der Waals surface area contributed by atoms with Gasteiger partial charge in [0.25, 0.3) is 5.91 Å². The third-order valence-corrected chi connectivity index (χ3v) is 9.47. The summed E-state index contributed by atoms with van der Waals surface area (Å²) in [5.74, 6) is 0.598. The quantitative estimate of drug-likeness (QED) is 0.202. The van der Waals surface area contributed by atoms with E-state index in [0.29, 0.717) is 33.8 Å². The van der Waals surface area contributed by atoms with Gasteiger partial charge in [0.05, 0.1) is 5.02 Å². The van der Waals surface area contributed by atoms with Crippen LogP contribution in [0.15, 0.2) is 66.7 Å². The number of carbonyl (C=O) groups excluding carboxylic acids is 2. The summed E-state index contributed by atoms with van der Waals surface area (Å²) in [6.45, 7) is 3.02. The fourth-order valence-corrected chi connectivity index (χ4v) is 6.85. The molecule has 1 fully saturated rings. The second kappa shape index (κ2) is 11.9. The Balaban J connectivity index is 1.45. The lowest BCUT2D eigenvalue weighted by Crippen LogP contribution is -2.36. The maximum Gasteiger partial charge on any atom is 0.265 e. The van der Waals surface area contributed by atoms with Gasteiger partial charge in [0, 0.05) is 41.5 Å². The van der Waals surface area contributed by atoms with Crippen molar-refractivity contribution in [2.45, 2.75) is 39.2 Å². The van der Waals surface area contributed by atoms with Gasteiger partial charge in [-0.25, -0.2) is 4.39 Å². The topological polar surface area (TPSA) is 40.6 Å². The summed E-state index contributed by atoms with van der Waals surface area (Å²) in [6, 6.07) is 20.3. The highest BCUT2D eigenvalue weighted by Crippen LogP contribution is 2.37. The predicted octanol–water partition coefficient (Wildman–Crippen LogP) is 8.42. The zero-order valence-electron chi connectivity index (χ0n) is 22.2. The van der Waals surface area contributed by atoms with Gasteiger partial charge in [-0.15, -0.1) is 11.3 Å². The second-order valence-electron chi connectivity index (χ2n) is 10.6. The molecular weight excluding hydrogens is 531 g/mol. The van der Waals surface area contributed by atoms with Gasteiger partial charge in [0.2, 0.25) is 6.41 Å². The molecule has 39 heavy (non-hydrogen) atoms. The lowest BCUT2D eigenvalue weighted by Gasteiger charge is -2.32. The van der Waals surface area contributed by atoms with Gasteiger partial charge in [-0.1, -0.05) is 67.8 Å². The molecule has 1 heterocycles. The third-order valence-electron chi connectivity index (χ3n) is 7.80. The molecule has 1 aliphatic carbocycles. The van der Waals surface area contributed by atoms with Crippen LogP contribution < -0.4 is 4.90 Å². The number of fused-ring (bicyclic) bond motifs is 1. The van der Waals surface area contributed by atoms with Gasteiger partial charge in [-0.05, 0) is 66.1 Å². The Kier molecular flexibility index (Phi) is 8.34. The molecule has 2 amide bonds. The number of hydrogen-bond donors (Lipinski definition) is 0. The zero-order valence-corrected chi connectivity index (χ0v) is 23.8. The highest BCUT2D eigenvalue weighted by atomic mass is 35.5. The van der Waals surface area contributed by atoms with Crippen LogP contribution >= 0.6 is 22.9 Å². The Morgan fingerprint density at radius 2 is 1.72 bits per heavy atom. The highest BCUT2D eigenvalue weighted by molar-refractivity contribution is 7.21. The number of benzene rings is 3. The summed E-state index contributed by atoms with van der Waals surface area (Å²) >= 11 is 8.10. The SMILES string of the molecule is CC1CCC(CN(Cc2cc(-c3ccc(N(C)C=O)cc3)ccc2F)C(=O)c2sc3ccccc3c2Cl)CC1. The first-order valence-electron chi connectivity index (χ1n) is 13.4. The van der Waals surface area contributed by atoms with Crippen LogP contribution in [0.25, 0.3) is 21.2 Å². The molecule has 7 heteroatoms. The minimum Gasteiger partial charge on any atom is -0.333 e. The van der Waals surface area contributed by atoms with E-state index >= 15 is 4.39 Å². The molecule has 1 aromatic heterocycles. The summed E-state index contributed by atoms with van der Waals surface area (Å²) in [6.07, 6.45) is 5.18. The molecule has 0 spiro atoms. The molecule has 0 unspecified atom stereocenters. The first-order chi connectivity index (χ1) is 18.8. The van der Waals surface area contributed by atoms with Crippen LogP contribution in [-0.2, 0) is 11.3 Å². The first kappa shape index (κ1) is 27.4. The van der Waals surface area contributed by atoms with Crippen LogP contribution in [0, 0.1) is 17.7 Å². The molecule has 202 valence electrons. The number of thiophene rings is 1. The van der Waals surface area contributed by atoms with Gasteiger partial charge in [0.1, 0.15) is 10.7 Å².